The van der Waals surface area contributed by atoms with Gasteiger partial charge in [-0.05, 0) is 26.0 Å². The topological polar surface area (TPSA) is 29.9 Å². The van der Waals surface area contributed by atoms with Crippen molar-refractivity contribution in [3.63, 3.8) is 0 Å². The van der Waals surface area contributed by atoms with Gasteiger partial charge in [-0.2, -0.15) is 0 Å². The van der Waals surface area contributed by atoms with Crippen LogP contribution in [0.15, 0.2) is 24.3 Å². The largest absolute Gasteiger partial charge is 0.330 e. The molecule has 94 valence electrons. The van der Waals surface area contributed by atoms with E-state index < -0.39 is 0 Å². The zero-order valence-corrected chi connectivity index (χ0v) is 11.2. The molecule has 0 saturated carbocycles. The summed E-state index contributed by atoms with van der Waals surface area (Å²) in [5, 5.41) is 3.45. The summed E-state index contributed by atoms with van der Waals surface area (Å²) in [5.74, 6) is 7.03. The SMILES string of the molecule is CC#CCCNC(C)c1nc2ccccc2n1C. The van der Waals surface area contributed by atoms with Gasteiger partial charge in [0.05, 0.1) is 17.1 Å². The molecular formula is C15H19N3. The smallest absolute Gasteiger partial charge is 0.126 e. The van der Waals surface area contributed by atoms with Crippen molar-refractivity contribution < 1.29 is 0 Å². The van der Waals surface area contributed by atoms with Crippen LogP contribution in [-0.4, -0.2) is 16.1 Å². The molecule has 1 aromatic heterocycles. The molecule has 0 aliphatic heterocycles. The first-order chi connectivity index (χ1) is 8.74. The standard InChI is InChI=1S/C15H19N3/c1-4-5-8-11-16-12(2)15-17-13-9-6-7-10-14(13)18(15)3/h6-7,9-10,12,16H,8,11H2,1-3H3. The maximum atomic E-state index is 4.68. The summed E-state index contributed by atoms with van der Waals surface area (Å²) in [6, 6.07) is 8.45. The van der Waals surface area contributed by atoms with Crippen LogP contribution in [0.4, 0.5) is 0 Å². The second-order valence-electron chi connectivity index (χ2n) is 4.37. The summed E-state index contributed by atoms with van der Waals surface area (Å²) in [4.78, 5) is 4.68. The lowest BCUT2D eigenvalue weighted by molar-refractivity contribution is 0.541. The molecule has 3 nitrogen and oxygen atoms in total. The van der Waals surface area contributed by atoms with Crippen molar-refractivity contribution in [2.45, 2.75) is 26.3 Å². The van der Waals surface area contributed by atoms with E-state index in [4.69, 9.17) is 0 Å². The van der Waals surface area contributed by atoms with E-state index in [1.54, 1.807) is 0 Å². The Balaban J connectivity index is 2.14. The minimum Gasteiger partial charge on any atom is -0.330 e. The van der Waals surface area contributed by atoms with E-state index in [1.807, 2.05) is 25.1 Å². The number of para-hydroxylation sites is 2. The van der Waals surface area contributed by atoms with Gasteiger partial charge in [-0.15, -0.1) is 11.8 Å². The van der Waals surface area contributed by atoms with Gasteiger partial charge in [0.25, 0.3) is 0 Å². The van der Waals surface area contributed by atoms with Gasteiger partial charge < -0.3 is 9.88 Å². The molecule has 0 bridgehead atoms. The average Bonchev–Trinajstić information content (AvgIpc) is 2.73. The van der Waals surface area contributed by atoms with E-state index in [9.17, 15) is 0 Å². The minimum absolute atomic E-state index is 0.237. The second-order valence-corrected chi connectivity index (χ2v) is 4.37. The van der Waals surface area contributed by atoms with E-state index in [-0.39, 0.29) is 6.04 Å². The van der Waals surface area contributed by atoms with Gasteiger partial charge in [-0.1, -0.05) is 12.1 Å². The summed E-state index contributed by atoms with van der Waals surface area (Å²) in [6.07, 6.45) is 0.880. The summed E-state index contributed by atoms with van der Waals surface area (Å²) < 4.78 is 2.15. The first-order valence-electron chi connectivity index (χ1n) is 6.28. The summed E-state index contributed by atoms with van der Waals surface area (Å²) in [5.41, 5.74) is 2.23. The molecule has 0 radical (unpaired) electrons. The van der Waals surface area contributed by atoms with Gasteiger partial charge in [0.1, 0.15) is 5.82 Å². The molecule has 1 N–H and O–H groups in total. The first kappa shape index (κ1) is 12.7. The molecule has 0 fully saturated rings. The van der Waals surface area contributed by atoms with Crippen molar-refractivity contribution in [3.8, 4) is 11.8 Å². The Kier molecular flexibility index (Phi) is 4.01. The predicted molar refractivity (Wildman–Crippen MR) is 75.2 cm³/mol. The van der Waals surface area contributed by atoms with Gasteiger partial charge in [-0.3, -0.25) is 0 Å². The second kappa shape index (κ2) is 5.70. The minimum atomic E-state index is 0.237. The van der Waals surface area contributed by atoms with E-state index >= 15 is 0 Å². The summed E-state index contributed by atoms with van der Waals surface area (Å²) in [7, 11) is 2.06. The van der Waals surface area contributed by atoms with Crippen molar-refractivity contribution in [1.29, 1.82) is 0 Å². The molecular weight excluding hydrogens is 222 g/mol. The highest BCUT2D eigenvalue weighted by molar-refractivity contribution is 5.75. The third-order valence-electron chi connectivity index (χ3n) is 3.09. The maximum absolute atomic E-state index is 4.68. The lowest BCUT2D eigenvalue weighted by atomic mass is 10.3. The quantitative estimate of drug-likeness (QED) is 0.659. The first-order valence-corrected chi connectivity index (χ1v) is 6.28. The normalized spacial score (nSPS) is 12.2. The highest BCUT2D eigenvalue weighted by Crippen LogP contribution is 2.18. The number of nitrogens with one attached hydrogen (secondary N) is 1. The van der Waals surface area contributed by atoms with Gasteiger partial charge >= 0.3 is 0 Å². The number of benzene rings is 1. The average molecular weight is 241 g/mol. The van der Waals surface area contributed by atoms with Crippen LogP contribution >= 0.6 is 0 Å². The van der Waals surface area contributed by atoms with Crippen molar-refractivity contribution in [1.82, 2.24) is 14.9 Å². The van der Waals surface area contributed by atoms with Crippen LogP contribution in [0, 0.1) is 11.8 Å². The fourth-order valence-electron chi connectivity index (χ4n) is 2.12. The highest BCUT2D eigenvalue weighted by atomic mass is 15.1. The molecule has 0 spiro atoms. The number of rotatable bonds is 4. The number of hydrogen-bond acceptors (Lipinski definition) is 2. The molecule has 1 unspecified atom stereocenters. The number of aryl methyl sites for hydroxylation is 1. The number of imidazole rings is 1. The van der Waals surface area contributed by atoms with Crippen LogP contribution in [0.5, 0.6) is 0 Å². The third-order valence-corrected chi connectivity index (χ3v) is 3.09. The Hall–Kier alpha value is -1.79. The van der Waals surface area contributed by atoms with Crippen LogP contribution in [0.25, 0.3) is 11.0 Å². The van der Waals surface area contributed by atoms with E-state index in [0.717, 1.165) is 24.3 Å². The number of nitrogens with zero attached hydrogens (tertiary/aromatic N) is 2. The van der Waals surface area contributed by atoms with Crippen molar-refractivity contribution in [2.75, 3.05) is 6.54 Å². The number of hydrogen-bond donors (Lipinski definition) is 1. The van der Waals surface area contributed by atoms with Gasteiger partial charge in [0.2, 0.25) is 0 Å². The molecule has 18 heavy (non-hydrogen) atoms. The fraction of sp³-hybridized carbons (Fsp3) is 0.400. The van der Waals surface area contributed by atoms with Crippen LogP contribution < -0.4 is 5.32 Å². The number of aromatic nitrogens is 2. The number of fused-ring (bicyclic) bond motifs is 1. The highest BCUT2D eigenvalue weighted by Gasteiger charge is 2.12. The van der Waals surface area contributed by atoms with Gasteiger partial charge in [0, 0.05) is 20.0 Å². The van der Waals surface area contributed by atoms with Crippen LogP contribution in [0.1, 0.15) is 32.1 Å². The maximum Gasteiger partial charge on any atom is 0.126 e. The van der Waals surface area contributed by atoms with E-state index in [2.05, 4.69) is 46.7 Å². The van der Waals surface area contributed by atoms with E-state index in [1.165, 1.54) is 5.52 Å². The Morgan fingerprint density at radius 2 is 2.17 bits per heavy atom. The molecule has 1 aromatic carbocycles. The van der Waals surface area contributed by atoms with Crippen molar-refractivity contribution >= 4 is 11.0 Å². The Morgan fingerprint density at radius 1 is 1.39 bits per heavy atom. The summed E-state index contributed by atoms with van der Waals surface area (Å²) in [6.45, 7) is 4.90. The zero-order valence-electron chi connectivity index (χ0n) is 11.2. The molecule has 0 saturated heterocycles. The molecule has 1 heterocycles. The zero-order chi connectivity index (χ0) is 13.0. The summed E-state index contributed by atoms with van der Waals surface area (Å²) >= 11 is 0. The molecule has 0 amide bonds. The molecule has 0 aliphatic rings. The molecule has 2 aromatic rings. The Bertz CT molecular complexity index is 587. The van der Waals surface area contributed by atoms with Crippen LogP contribution in [-0.2, 0) is 7.05 Å². The monoisotopic (exact) mass is 241 g/mol. The lowest BCUT2D eigenvalue weighted by Gasteiger charge is -2.12. The van der Waals surface area contributed by atoms with Gasteiger partial charge in [0.15, 0.2) is 0 Å². The lowest BCUT2D eigenvalue weighted by Crippen LogP contribution is -2.22. The van der Waals surface area contributed by atoms with Crippen LogP contribution in [0.2, 0.25) is 0 Å². The van der Waals surface area contributed by atoms with Gasteiger partial charge in [-0.25, -0.2) is 4.98 Å². The Labute approximate surface area is 108 Å². The molecule has 3 heteroatoms. The molecule has 0 aliphatic carbocycles. The third kappa shape index (κ3) is 2.55. The fourth-order valence-corrected chi connectivity index (χ4v) is 2.12. The van der Waals surface area contributed by atoms with E-state index in [0.29, 0.717) is 0 Å². The molecule has 1 atom stereocenters. The van der Waals surface area contributed by atoms with Crippen LogP contribution in [0.3, 0.4) is 0 Å². The molecule has 2 rings (SSSR count). The predicted octanol–water partition coefficient (Wildman–Crippen LogP) is 2.64. The van der Waals surface area contributed by atoms with Crippen molar-refractivity contribution in [2.24, 2.45) is 7.05 Å². The Morgan fingerprint density at radius 3 is 2.89 bits per heavy atom. The van der Waals surface area contributed by atoms with Crippen molar-refractivity contribution in [3.05, 3.63) is 30.1 Å².